The summed E-state index contributed by atoms with van der Waals surface area (Å²) in [6.07, 6.45) is 1.66. The Hall–Kier alpha value is -1.87. The lowest BCUT2D eigenvalue weighted by Gasteiger charge is -2.38. The van der Waals surface area contributed by atoms with Crippen LogP contribution in [0.3, 0.4) is 0 Å². The molecule has 2 aliphatic rings. The lowest BCUT2D eigenvalue weighted by atomic mass is 9.68. The number of ether oxygens (including phenoxy) is 1. The Bertz CT molecular complexity index is 668. The third-order valence-corrected chi connectivity index (χ3v) is 4.04. The van der Waals surface area contributed by atoms with Gasteiger partial charge in [0.25, 0.3) is 0 Å². The first-order valence-electron chi connectivity index (χ1n) is 6.04. The van der Waals surface area contributed by atoms with Crippen LogP contribution in [0, 0.1) is 0 Å². The quantitative estimate of drug-likeness (QED) is 0.710. The van der Waals surface area contributed by atoms with E-state index in [-0.39, 0.29) is 11.2 Å². The van der Waals surface area contributed by atoms with Crippen LogP contribution >= 0.6 is 0 Å². The van der Waals surface area contributed by atoms with Crippen LogP contribution in [0.15, 0.2) is 34.9 Å². The molecule has 0 saturated heterocycles. The number of furan rings is 1. The van der Waals surface area contributed by atoms with Gasteiger partial charge in [0.15, 0.2) is 5.76 Å². The molecule has 0 saturated carbocycles. The molecule has 0 fully saturated rings. The number of benzene rings is 1. The minimum Gasteiger partial charge on any atom is -0.460 e. The molecular weight excluding hydrogens is 228 g/mol. The van der Waals surface area contributed by atoms with Crippen molar-refractivity contribution in [3.8, 4) is 0 Å². The number of carbonyl (C=O) groups is 1. The molecule has 0 unspecified atom stereocenters. The van der Waals surface area contributed by atoms with E-state index >= 15 is 0 Å². The van der Waals surface area contributed by atoms with Crippen LogP contribution in [0.25, 0.3) is 0 Å². The molecule has 1 aliphatic heterocycles. The van der Waals surface area contributed by atoms with Gasteiger partial charge in [-0.2, -0.15) is 0 Å². The minimum absolute atomic E-state index is 0.00812. The van der Waals surface area contributed by atoms with E-state index in [1.165, 1.54) is 0 Å². The molecule has 1 aliphatic carbocycles. The average molecular weight is 240 g/mol. The molecule has 0 bridgehead atoms. The van der Waals surface area contributed by atoms with E-state index in [1.807, 2.05) is 24.3 Å². The molecular formula is C15H12O3. The molecule has 0 N–H and O–H groups in total. The fourth-order valence-corrected chi connectivity index (χ4v) is 3.21. The maximum absolute atomic E-state index is 12.4. The lowest BCUT2D eigenvalue weighted by Crippen LogP contribution is -2.39. The summed E-state index contributed by atoms with van der Waals surface area (Å²) in [5, 5.41) is 0. The van der Waals surface area contributed by atoms with E-state index in [9.17, 15) is 4.79 Å². The Morgan fingerprint density at radius 2 is 2.11 bits per heavy atom. The predicted octanol–water partition coefficient (Wildman–Crippen LogP) is 2.66. The van der Waals surface area contributed by atoms with Gasteiger partial charge in [-0.15, -0.1) is 0 Å². The second kappa shape index (κ2) is 3.12. The highest BCUT2D eigenvalue weighted by molar-refractivity contribution is 6.11. The van der Waals surface area contributed by atoms with Crippen molar-refractivity contribution in [3.63, 3.8) is 0 Å². The highest BCUT2D eigenvalue weighted by Gasteiger charge is 2.46. The zero-order chi connectivity index (χ0) is 12.3. The van der Waals surface area contributed by atoms with E-state index in [0.717, 1.165) is 22.3 Å². The average Bonchev–Trinajstić information content (AvgIpc) is 2.83. The Kier molecular flexibility index (Phi) is 1.75. The molecule has 0 radical (unpaired) electrons. The van der Waals surface area contributed by atoms with E-state index in [1.54, 1.807) is 6.26 Å². The Morgan fingerprint density at radius 3 is 3.00 bits per heavy atom. The first-order chi connectivity index (χ1) is 8.72. The molecule has 1 atom stereocenters. The molecule has 2 aromatic rings. The molecule has 2 heterocycles. The normalized spacial score (nSPS) is 24.6. The van der Waals surface area contributed by atoms with Crippen molar-refractivity contribution in [2.75, 3.05) is 6.61 Å². The first kappa shape index (κ1) is 10.1. The maximum atomic E-state index is 12.4. The Morgan fingerprint density at radius 1 is 1.28 bits per heavy atom. The molecule has 0 spiro atoms. The first-order valence-corrected chi connectivity index (χ1v) is 6.04. The standard InChI is InChI=1S/C15H12O3/c1-15-8-17-6-9-7-18-14(12(9)15)13(16)10-4-2-3-5-11(10)15/h2-5,7H,6,8H2,1H3/t15-/m1/s1. The predicted molar refractivity (Wildman–Crippen MR) is 64.7 cm³/mol. The number of carbonyl (C=O) groups excluding carboxylic acids is 1. The smallest absolute Gasteiger partial charge is 0.228 e. The summed E-state index contributed by atoms with van der Waals surface area (Å²) in [5.41, 5.74) is 3.54. The van der Waals surface area contributed by atoms with Gasteiger partial charge >= 0.3 is 0 Å². The van der Waals surface area contributed by atoms with Crippen LogP contribution < -0.4 is 0 Å². The van der Waals surface area contributed by atoms with Crippen molar-refractivity contribution in [2.45, 2.75) is 18.9 Å². The number of ketones is 1. The van der Waals surface area contributed by atoms with Crippen LogP contribution in [-0.4, -0.2) is 12.4 Å². The van der Waals surface area contributed by atoms with Crippen LogP contribution in [0.4, 0.5) is 0 Å². The molecule has 90 valence electrons. The van der Waals surface area contributed by atoms with Gasteiger partial charge in [-0.3, -0.25) is 4.79 Å². The third kappa shape index (κ3) is 1.01. The second-order valence-corrected chi connectivity index (χ2v) is 5.16. The SMILES string of the molecule is C[C@]12COCc3coc(c31)C(=O)c1ccccc12. The fourth-order valence-electron chi connectivity index (χ4n) is 3.21. The fraction of sp³-hybridized carbons (Fsp3) is 0.267. The van der Waals surface area contributed by atoms with Gasteiger partial charge in [0.1, 0.15) is 0 Å². The number of rotatable bonds is 0. The Balaban J connectivity index is 2.12. The summed E-state index contributed by atoms with van der Waals surface area (Å²) in [6.45, 7) is 3.25. The van der Waals surface area contributed by atoms with Gasteiger partial charge in [-0.25, -0.2) is 0 Å². The van der Waals surface area contributed by atoms with Crippen molar-refractivity contribution < 1.29 is 13.9 Å². The summed E-state index contributed by atoms with van der Waals surface area (Å²) in [6, 6.07) is 7.74. The summed E-state index contributed by atoms with van der Waals surface area (Å²) >= 11 is 0. The molecule has 4 rings (SSSR count). The zero-order valence-electron chi connectivity index (χ0n) is 10.0. The monoisotopic (exact) mass is 240 g/mol. The highest BCUT2D eigenvalue weighted by Crippen LogP contribution is 2.46. The summed E-state index contributed by atoms with van der Waals surface area (Å²) in [4.78, 5) is 12.4. The van der Waals surface area contributed by atoms with Crippen molar-refractivity contribution in [1.29, 1.82) is 0 Å². The van der Waals surface area contributed by atoms with Crippen LogP contribution in [0.1, 0.15) is 39.7 Å². The molecule has 1 aromatic carbocycles. The van der Waals surface area contributed by atoms with E-state index < -0.39 is 0 Å². The number of hydrogen-bond donors (Lipinski definition) is 0. The Labute approximate surface area is 104 Å². The largest absolute Gasteiger partial charge is 0.460 e. The topological polar surface area (TPSA) is 39.4 Å². The molecule has 1 aromatic heterocycles. The van der Waals surface area contributed by atoms with Crippen LogP contribution in [0.2, 0.25) is 0 Å². The van der Waals surface area contributed by atoms with Gasteiger partial charge in [-0.1, -0.05) is 24.3 Å². The van der Waals surface area contributed by atoms with Crippen molar-refractivity contribution in [2.24, 2.45) is 0 Å². The number of hydrogen-bond acceptors (Lipinski definition) is 3. The zero-order valence-corrected chi connectivity index (χ0v) is 10.0. The van der Waals surface area contributed by atoms with Gasteiger partial charge in [0.2, 0.25) is 5.78 Å². The highest BCUT2D eigenvalue weighted by atomic mass is 16.5. The van der Waals surface area contributed by atoms with Gasteiger partial charge in [0, 0.05) is 22.1 Å². The second-order valence-electron chi connectivity index (χ2n) is 5.16. The van der Waals surface area contributed by atoms with Crippen LogP contribution in [0.5, 0.6) is 0 Å². The minimum atomic E-state index is -0.263. The van der Waals surface area contributed by atoms with E-state index in [4.69, 9.17) is 9.15 Å². The lowest BCUT2D eigenvalue weighted by molar-refractivity contribution is 0.0691. The molecule has 3 nitrogen and oxygen atoms in total. The molecule has 3 heteroatoms. The molecule has 18 heavy (non-hydrogen) atoms. The van der Waals surface area contributed by atoms with Crippen molar-refractivity contribution >= 4 is 5.78 Å². The van der Waals surface area contributed by atoms with Crippen LogP contribution in [-0.2, 0) is 16.8 Å². The van der Waals surface area contributed by atoms with Crippen molar-refractivity contribution in [3.05, 3.63) is 58.5 Å². The summed E-state index contributed by atoms with van der Waals surface area (Å²) in [5.74, 6) is 0.487. The molecule has 0 amide bonds. The van der Waals surface area contributed by atoms with Crippen molar-refractivity contribution in [1.82, 2.24) is 0 Å². The maximum Gasteiger partial charge on any atom is 0.228 e. The summed E-state index contributed by atoms with van der Waals surface area (Å²) in [7, 11) is 0. The summed E-state index contributed by atoms with van der Waals surface area (Å²) < 4.78 is 11.2. The van der Waals surface area contributed by atoms with E-state index in [0.29, 0.717) is 19.0 Å². The third-order valence-electron chi connectivity index (χ3n) is 4.04. The van der Waals surface area contributed by atoms with Gasteiger partial charge in [-0.05, 0) is 12.5 Å². The van der Waals surface area contributed by atoms with Gasteiger partial charge in [0.05, 0.1) is 19.5 Å². The van der Waals surface area contributed by atoms with E-state index in [2.05, 4.69) is 6.92 Å². The number of fused-ring (bicyclic) bond motifs is 2. The van der Waals surface area contributed by atoms with Gasteiger partial charge < -0.3 is 9.15 Å².